The summed E-state index contributed by atoms with van der Waals surface area (Å²) in [4.78, 5) is 6.74. The molecule has 1 aromatic carbocycles. The summed E-state index contributed by atoms with van der Waals surface area (Å²) < 4.78 is 6.81. The molecule has 5 heteroatoms. The summed E-state index contributed by atoms with van der Waals surface area (Å²) in [5, 5.41) is 3.37. The van der Waals surface area contributed by atoms with Gasteiger partial charge in [0.05, 0.1) is 0 Å². The van der Waals surface area contributed by atoms with Crippen LogP contribution >= 0.6 is 15.9 Å². The highest BCUT2D eigenvalue weighted by Gasteiger charge is 2.15. The minimum absolute atomic E-state index is 0.738. The molecule has 1 N–H and O–H groups in total. The quantitative estimate of drug-likeness (QED) is 0.877. The van der Waals surface area contributed by atoms with E-state index in [4.69, 9.17) is 4.42 Å². The minimum Gasteiger partial charge on any atom is -0.423 e. The van der Waals surface area contributed by atoms with Crippen molar-refractivity contribution in [3.05, 3.63) is 22.7 Å². The summed E-state index contributed by atoms with van der Waals surface area (Å²) in [6.07, 6.45) is 1.13. The van der Waals surface area contributed by atoms with Gasteiger partial charge in [-0.05, 0) is 31.2 Å². The van der Waals surface area contributed by atoms with Crippen molar-refractivity contribution in [3.8, 4) is 0 Å². The Kier molecular flexibility index (Phi) is 3.03. The van der Waals surface area contributed by atoms with Gasteiger partial charge in [0.2, 0.25) is 0 Å². The highest BCUT2D eigenvalue weighted by molar-refractivity contribution is 9.10. The van der Waals surface area contributed by atoms with E-state index in [0.29, 0.717) is 0 Å². The summed E-state index contributed by atoms with van der Waals surface area (Å²) in [6.45, 7) is 4.01. The molecule has 2 aromatic rings. The van der Waals surface area contributed by atoms with Crippen LogP contribution in [0.15, 0.2) is 27.1 Å². The van der Waals surface area contributed by atoms with Crippen LogP contribution in [0.1, 0.15) is 6.42 Å². The number of fused-ring (bicyclic) bond motifs is 1. The number of rotatable bonds is 1. The first kappa shape index (κ1) is 11.0. The van der Waals surface area contributed by atoms with Gasteiger partial charge in [-0.2, -0.15) is 4.98 Å². The Morgan fingerprint density at radius 1 is 1.29 bits per heavy atom. The molecule has 0 unspecified atom stereocenters. The summed E-state index contributed by atoms with van der Waals surface area (Å²) in [5.74, 6) is 0. The molecule has 0 radical (unpaired) electrons. The van der Waals surface area contributed by atoms with Crippen molar-refractivity contribution in [1.29, 1.82) is 0 Å². The van der Waals surface area contributed by atoms with Gasteiger partial charge in [0.15, 0.2) is 5.58 Å². The van der Waals surface area contributed by atoms with Crippen LogP contribution in [-0.4, -0.2) is 31.2 Å². The van der Waals surface area contributed by atoms with Crippen molar-refractivity contribution in [1.82, 2.24) is 10.3 Å². The van der Waals surface area contributed by atoms with Crippen LogP contribution in [0.4, 0.5) is 6.01 Å². The lowest BCUT2D eigenvalue weighted by Crippen LogP contribution is -2.27. The molecule has 0 spiro atoms. The number of oxazole rings is 1. The normalized spacial score (nSPS) is 17.4. The molecule has 1 aliphatic rings. The molecule has 1 saturated heterocycles. The lowest BCUT2D eigenvalue weighted by Gasteiger charge is -2.16. The Labute approximate surface area is 108 Å². The standard InChI is InChI=1S/C12H14BrN3O/c13-9-2-3-11-10(8-9)15-12(17-11)16-6-1-4-14-5-7-16/h2-3,8,14H,1,4-7H2. The molecule has 1 fully saturated rings. The molecule has 3 rings (SSSR count). The molecule has 0 amide bonds. The second-order valence-electron chi connectivity index (χ2n) is 4.20. The van der Waals surface area contributed by atoms with Crippen LogP contribution in [0.25, 0.3) is 11.1 Å². The number of nitrogens with zero attached hydrogens (tertiary/aromatic N) is 2. The van der Waals surface area contributed by atoms with Gasteiger partial charge >= 0.3 is 0 Å². The summed E-state index contributed by atoms with van der Waals surface area (Å²) in [5.41, 5.74) is 1.76. The third kappa shape index (κ3) is 2.30. The van der Waals surface area contributed by atoms with Gasteiger partial charge in [0, 0.05) is 24.1 Å². The maximum absolute atomic E-state index is 5.78. The molecule has 90 valence electrons. The smallest absolute Gasteiger partial charge is 0.298 e. The van der Waals surface area contributed by atoms with Crippen LogP contribution < -0.4 is 10.2 Å². The topological polar surface area (TPSA) is 41.3 Å². The summed E-state index contributed by atoms with van der Waals surface area (Å²) in [7, 11) is 0. The van der Waals surface area contributed by atoms with Crippen LogP contribution in [0, 0.1) is 0 Å². The molecule has 1 aliphatic heterocycles. The number of nitrogens with one attached hydrogen (secondary N) is 1. The fourth-order valence-corrected chi connectivity index (χ4v) is 2.41. The Hall–Kier alpha value is -1.07. The van der Waals surface area contributed by atoms with Crippen LogP contribution in [0.3, 0.4) is 0 Å². The number of benzene rings is 1. The van der Waals surface area contributed by atoms with Crippen molar-refractivity contribution in [2.24, 2.45) is 0 Å². The number of halogens is 1. The van der Waals surface area contributed by atoms with Gasteiger partial charge in [-0.1, -0.05) is 15.9 Å². The van der Waals surface area contributed by atoms with Gasteiger partial charge in [-0.3, -0.25) is 0 Å². The third-order valence-corrected chi connectivity index (χ3v) is 3.44. The van der Waals surface area contributed by atoms with E-state index in [0.717, 1.165) is 54.2 Å². The maximum atomic E-state index is 5.78. The fourth-order valence-electron chi connectivity index (χ4n) is 2.06. The molecule has 0 bridgehead atoms. The van der Waals surface area contributed by atoms with Crippen molar-refractivity contribution in [3.63, 3.8) is 0 Å². The highest BCUT2D eigenvalue weighted by atomic mass is 79.9. The van der Waals surface area contributed by atoms with E-state index in [1.807, 2.05) is 18.2 Å². The van der Waals surface area contributed by atoms with Gasteiger partial charge in [-0.15, -0.1) is 0 Å². The van der Waals surface area contributed by atoms with Crippen LogP contribution in [-0.2, 0) is 0 Å². The summed E-state index contributed by atoms with van der Waals surface area (Å²) in [6, 6.07) is 6.65. The average Bonchev–Trinajstić information content (AvgIpc) is 2.57. The van der Waals surface area contributed by atoms with E-state index in [1.165, 1.54) is 0 Å². The van der Waals surface area contributed by atoms with E-state index in [1.54, 1.807) is 0 Å². The van der Waals surface area contributed by atoms with Crippen molar-refractivity contribution < 1.29 is 4.42 Å². The van der Waals surface area contributed by atoms with Gasteiger partial charge < -0.3 is 14.6 Å². The van der Waals surface area contributed by atoms with E-state index >= 15 is 0 Å². The minimum atomic E-state index is 0.738. The third-order valence-electron chi connectivity index (χ3n) is 2.95. The Morgan fingerprint density at radius 2 is 2.24 bits per heavy atom. The predicted octanol–water partition coefficient (Wildman–Crippen LogP) is 2.39. The summed E-state index contributed by atoms with van der Waals surface area (Å²) >= 11 is 3.44. The fraction of sp³-hybridized carbons (Fsp3) is 0.417. The first-order valence-corrected chi connectivity index (χ1v) is 6.64. The highest BCUT2D eigenvalue weighted by Crippen LogP contribution is 2.24. The lowest BCUT2D eigenvalue weighted by atomic mass is 10.3. The first-order chi connectivity index (χ1) is 8.33. The molecule has 2 heterocycles. The molecule has 0 aliphatic carbocycles. The molecule has 17 heavy (non-hydrogen) atoms. The molecule has 1 aromatic heterocycles. The van der Waals surface area contributed by atoms with Gasteiger partial charge in [0.1, 0.15) is 5.52 Å². The monoisotopic (exact) mass is 295 g/mol. The van der Waals surface area contributed by atoms with E-state index in [-0.39, 0.29) is 0 Å². The second kappa shape index (κ2) is 4.66. The Bertz CT molecular complexity index is 517. The van der Waals surface area contributed by atoms with E-state index in [2.05, 4.69) is 31.1 Å². The van der Waals surface area contributed by atoms with Crippen LogP contribution in [0.5, 0.6) is 0 Å². The first-order valence-electron chi connectivity index (χ1n) is 5.85. The van der Waals surface area contributed by atoms with Crippen molar-refractivity contribution >= 4 is 33.0 Å². The zero-order valence-corrected chi connectivity index (χ0v) is 11.0. The van der Waals surface area contributed by atoms with Crippen molar-refractivity contribution in [2.75, 3.05) is 31.1 Å². The van der Waals surface area contributed by atoms with E-state index < -0.39 is 0 Å². The zero-order chi connectivity index (χ0) is 11.7. The largest absolute Gasteiger partial charge is 0.423 e. The zero-order valence-electron chi connectivity index (χ0n) is 9.45. The average molecular weight is 296 g/mol. The number of anilines is 1. The Balaban J connectivity index is 1.93. The van der Waals surface area contributed by atoms with Crippen LogP contribution in [0.2, 0.25) is 0 Å². The molecular weight excluding hydrogens is 282 g/mol. The molecular formula is C12H14BrN3O. The number of aromatic nitrogens is 1. The SMILES string of the molecule is Brc1ccc2oc(N3CCCNCC3)nc2c1. The Morgan fingerprint density at radius 3 is 3.18 bits per heavy atom. The number of hydrogen-bond donors (Lipinski definition) is 1. The lowest BCUT2D eigenvalue weighted by molar-refractivity contribution is 0.571. The van der Waals surface area contributed by atoms with Crippen molar-refractivity contribution in [2.45, 2.75) is 6.42 Å². The second-order valence-corrected chi connectivity index (χ2v) is 5.11. The van der Waals surface area contributed by atoms with Gasteiger partial charge in [0.25, 0.3) is 6.01 Å². The predicted molar refractivity (Wildman–Crippen MR) is 71.4 cm³/mol. The molecule has 0 atom stereocenters. The van der Waals surface area contributed by atoms with E-state index in [9.17, 15) is 0 Å². The molecule has 0 saturated carbocycles. The number of hydrogen-bond acceptors (Lipinski definition) is 4. The maximum Gasteiger partial charge on any atom is 0.298 e. The molecule has 4 nitrogen and oxygen atoms in total. The van der Waals surface area contributed by atoms with Gasteiger partial charge in [-0.25, -0.2) is 0 Å².